The van der Waals surface area contributed by atoms with Gasteiger partial charge in [-0.2, -0.15) is 4.98 Å². The number of ether oxygens (including phenoxy) is 4. The summed E-state index contributed by atoms with van der Waals surface area (Å²) < 4.78 is 23.5. The minimum Gasteiger partial charge on any atom is -0.497 e. The average molecular weight is 394 g/mol. The third-order valence-corrected chi connectivity index (χ3v) is 5.15. The van der Waals surface area contributed by atoms with Crippen LogP contribution in [0.5, 0.6) is 23.0 Å². The molecule has 1 aliphatic rings. The van der Waals surface area contributed by atoms with Crippen LogP contribution in [0.15, 0.2) is 35.1 Å². The predicted molar refractivity (Wildman–Crippen MR) is 111 cm³/mol. The van der Waals surface area contributed by atoms with Crippen molar-refractivity contribution in [2.75, 3.05) is 28.4 Å². The summed E-state index contributed by atoms with van der Waals surface area (Å²) in [6.07, 6.45) is 2.77. The molecule has 0 aliphatic carbocycles. The Labute approximate surface area is 168 Å². The van der Waals surface area contributed by atoms with Crippen LogP contribution in [-0.4, -0.2) is 38.0 Å². The normalized spacial score (nSPS) is 14.1. The summed E-state index contributed by atoms with van der Waals surface area (Å²) in [7, 11) is 6.36. The van der Waals surface area contributed by atoms with Gasteiger partial charge in [-0.25, -0.2) is 0 Å². The van der Waals surface area contributed by atoms with Crippen molar-refractivity contribution in [3.8, 4) is 23.0 Å². The Morgan fingerprint density at radius 1 is 0.931 bits per heavy atom. The number of methoxy groups -OCH3 is 4. The maximum atomic E-state index is 12.7. The van der Waals surface area contributed by atoms with Gasteiger partial charge in [0.1, 0.15) is 17.3 Å². The van der Waals surface area contributed by atoms with Crippen LogP contribution in [-0.2, 0) is 6.54 Å². The molecule has 3 aromatic rings. The molecule has 7 nitrogen and oxygen atoms in total. The number of hydrogen-bond acceptors (Lipinski definition) is 6. The molecule has 0 bridgehead atoms. The van der Waals surface area contributed by atoms with Crippen LogP contribution in [0.25, 0.3) is 22.6 Å². The number of hydrogen-bond donors (Lipinski definition) is 0. The molecule has 0 amide bonds. The van der Waals surface area contributed by atoms with Gasteiger partial charge < -0.3 is 23.5 Å². The summed E-state index contributed by atoms with van der Waals surface area (Å²) in [6, 6.07) is 9.16. The molecule has 0 N–H and O–H groups in total. The molecule has 29 heavy (non-hydrogen) atoms. The largest absolute Gasteiger partial charge is 0.497 e. The number of rotatable bonds is 5. The number of aromatic nitrogens is 2. The van der Waals surface area contributed by atoms with Crippen LogP contribution in [0.2, 0.25) is 0 Å². The molecule has 2 heterocycles. The Kier molecular flexibility index (Phi) is 4.88. The highest BCUT2D eigenvalue weighted by Crippen LogP contribution is 2.36. The Hall–Kier alpha value is -3.48. The number of allylic oxidation sites excluding steroid dienone is 1. The molecule has 150 valence electrons. The fourth-order valence-corrected chi connectivity index (χ4v) is 3.67. The maximum Gasteiger partial charge on any atom is 0.281 e. The first-order valence-electron chi connectivity index (χ1n) is 9.19. The number of nitrogens with zero attached hydrogens (tertiary/aromatic N) is 2. The van der Waals surface area contributed by atoms with Crippen molar-refractivity contribution >= 4 is 22.6 Å². The van der Waals surface area contributed by atoms with Gasteiger partial charge >= 0.3 is 0 Å². The van der Waals surface area contributed by atoms with Gasteiger partial charge in [-0.15, -0.1) is 0 Å². The zero-order valence-electron chi connectivity index (χ0n) is 16.8. The van der Waals surface area contributed by atoms with Gasteiger partial charge in [-0.05, 0) is 36.3 Å². The van der Waals surface area contributed by atoms with Gasteiger partial charge in [-0.3, -0.25) is 4.79 Å². The smallest absolute Gasteiger partial charge is 0.281 e. The van der Waals surface area contributed by atoms with E-state index in [2.05, 4.69) is 4.98 Å². The second kappa shape index (κ2) is 7.50. The molecule has 0 spiro atoms. The van der Waals surface area contributed by atoms with Gasteiger partial charge in [-0.1, -0.05) is 0 Å². The summed E-state index contributed by atoms with van der Waals surface area (Å²) in [5.74, 6) is 3.17. The fraction of sp³-hybridized carbons (Fsp3) is 0.273. The summed E-state index contributed by atoms with van der Waals surface area (Å²) >= 11 is 0. The standard InChI is InChI=1S/C22H22N2O5/c1-26-15-6-5-13(18(10-15)27-2)9-14-7-8-24-17-12-20(29-4)19(28-3)11-16(17)22(25)23-21(14)24/h5-6,9-12H,7-8H2,1-4H3/b14-9+. The van der Waals surface area contributed by atoms with Crippen LogP contribution in [0, 0.1) is 0 Å². The lowest BCUT2D eigenvalue weighted by molar-refractivity contribution is 0.355. The van der Waals surface area contributed by atoms with E-state index in [1.165, 1.54) is 0 Å². The predicted octanol–water partition coefficient (Wildman–Crippen LogP) is 3.38. The Morgan fingerprint density at radius 2 is 1.66 bits per heavy atom. The molecular weight excluding hydrogens is 372 g/mol. The van der Waals surface area contributed by atoms with Gasteiger partial charge in [0.25, 0.3) is 5.56 Å². The van der Waals surface area contributed by atoms with Crippen molar-refractivity contribution in [2.45, 2.75) is 13.0 Å². The third-order valence-electron chi connectivity index (χ3n) is 5.15. The van der Waals surface area contributed by atoms with Gasteiger partial charge in [0.2, 0.25) is 0 Å². The van der Waals surface area contributed by atoms with E-state index in [4.69, 9.17) is 18.9 Å². The van der Waals surface area contributed by atoms with E-state index in [1.54, 1.807) is 34.5 Å². The second-order valence-corrected chi connectivity index (χ2v) is 6.64. The van der Waals surface area contributed by atoms with Gasteiger partial charge in [0.15, 0.2) is 11.5 Å². The summed E-state index contributed by atoms with van der Waals surface area (Å²) in [6.45, 7) is 0.721. The topological polar surface area (TPSA) is 71.8 Å². The molecule has 0 radical (unpaired) electrons. The lowest BCUT2D eigenvalue weighted by Crippen LogP contribution is -2.14. The lowest BCUT2D eigenvalue weighted by atomic mass is 10.1. The van der Waals surface area contributed by atoms with Crippen molar-refractivity contribution in [2.24, 2.45) is 0 Å². The average Bonchev–Trinajstić information content (AvgIpc) is 3.15. The SMILES string of the molecule is COc1ccc(/C=C2\CCn3c2nc(=O)c2cc(OC)c(OC)cc23)c(OC)c1. The van der Waals surface area contributed by atoms with Crippen LogP contribution in [0.3, 0.4) is 0 Å². The Balaban J connectivity index is 1.88. The van der Waals surface area contributed by atoms with Crippen molar-refractivity contribution in [1.29, 1.82) is 0 Å². The van der Waals surface area contributed by atoms with E-state index in [-0.39, 0.29) is 5.56 Å². The maximum absolute atomic E-state index is 12.7. The molecule has 0 atom stereocenters. The van der Waals surface area contributed by atoms with Gasteiger partial charge in [0.05, 0.1) is 39.3 Å². The van der Waals surface area contributed by atoms with E-state index in [0.717, 1.165) is 35.4 Å². The first kappa shape index (κ1) is 18.9. The van der Waals surface area contributed by atoms with Crippen molar-refractivity contribution in [1.82, 2.24) is 9.55 Å². The zero-order chi connectivity index (χ0) is 20.5. The molecule has 4 rings (SSSR count). The third kappa shape index (κ3) is 3.18. The summed E-state index contributed by atoms with van der Waals surface area (Å²) in [5.41, 5.74) is 2.37. The molecule has 0 unspecified atom stereocenters. The van der Waals surface area contributed by atoms with Crippen molar-refractivity contribution < 1.29 is 18.9 Å². The number of aryl methyl sites for hydroxylation is 1. The molecule has 0 saturated carbocycles. The number of benzene rings is 2. The number of fused-ring (bicyclic) bond motifs is 3. The molecule has 2 aromatic carbocycles. The molecule has 7 heteroatoms. The van der Waals surface area contributed by atoms with Crippen molar-refractivity contribution in [3.05, 3.63) is 52.1 Å². The fourth-order valence-electron chi connectivity index (χ4n) is 3.67. The molecule has 0 saturated heterocycles. The molecule has 1 aliphatic heterocycles. The van der Waals surface area contributed by atoms with Crippen LogP contribution < -0.4 is 24.5 Å². The first-order valence-corrected chi connectivity index (χ1v) is 9.19. The monoisotopic (exact) mass is 394 g/mol. The lowest BCUT2D eigenvalue weighted by Gasteiger charge is -2.12. The minimum atomic E-state index is -0.290. The summed E-state index contributed by atoms with van der Waals surface area (Å²) in [5, 5.41) is 0.509. The first-order chi connectivity index (χ1) is 14.1. The Bertz CT molecular complexity index is 1180. The minimum absolute atomic E-state index is 0.290. The van der Waals surface area contributed by atoms with E-state index < -0.39 is 0 Å². The highest BCUT2D eigenvalue weighted by Gasteiger charge is 2.22. The van der Waals surface area contributed by atoms with E-state index in [1.807, 2.05) is 34.9 Å². The highest BCUT2D eigenvalue weighted by atomic mass is 16.5. The van der Waals surface area contributed by atoms with Crippen LogP contribution in [0.4, 0.5) is 0 Å². The molecule has 1 aromatic heterocycles. The molecule has 0 fully saturated rings. The van der Waals surface area contributed by atoms with Crippen molar-refractivity contribution in [3.63, 3.8) is 0 Å². The zero-order valence-corrected chi connectivity index (χ0v) is 16.8. The Morgan fingerprint density at radius 3 is 2.34 bits per heavy atom. The molecular formula is C22H22N2O5. The van der Waals surface area contributed by atoms with E-state index >= 15 is 0 Å². The summed E-state index contributed by atoms with van der Waals surface area (Å²) in [4.78, 5) is 17.1. The quantitative estimate of drug-likeness (QED) is 0.661. The van der Waals surface area contributed by atoms with E-state index in [9.17, 15) is 4.79 Å². The van der Waals surface area contributed by atoms with E-state index in [0.29, 0.717) is 28.5 Å². The highest BCUT2D eigenvalue weighted by molar-refractivity contribution is 5.88. The van der Waals surface area contributed by atoms with Crippen LogP contribution >= 0.6 is 0 Å². The van der Waals surface area contributed by atoms with Gasteiger partial charge in [0, 0.05) is 24.2 Å². The van der Waals surface area contributed by atoms with Crippen LogP contribution in [0.1, 0.15) is 17.8 Å². The second-order valence-electron chi connectivity index (χ2n) is 6.64.